The van der Waals surface area contributed by atoms with Gasteiger partial charge in [0.15, 0.2) is 0 Å². The molecule has 1 saturated heterocycles. The van der Waals surface area contributed by atoms with Crippen molar-refractivity contribution in [1.29, 1.82) is 0 Å². The van der Waals surface area contributed by atoms with Gasteiger partial charge in [0.1, 0.15) is 0 Å². The van der Waals surface area contributed by atoms with Gasteiger partial charge in [0, 0.05) is 52.4 Å². The minimum absolute atomic E-state index is 0. The summed E-state index contributed by atoms with van der Waals surface area (Å²) in [6, 6.07) is 10.5. The molecule has 1 aromatic rings. The fourth-order valence-corrected chi connectivity index (χ4v) is 1.43. The zero-order valence-corrected chi connectivity index (χ0v) is 12.7. The average molecular weight is 546 g/mol. The number of hydrogen-bond acceptors (Lipinski definition) is 2. The smallest absolute Gasteiger partial charge is 0.00816 e. The van der Waals surface area contributed by atoms with Crippen molar-refractivity contribution in [3.8, 4) is 0 Å². The number of anilines is 1. The summed E-state index contributed by atoms with van der Waals surface area (Å²) in [6.45, 7) is 4.37. The van der Waals surface area contributed by atoms with E-state index in [4.69, 9.17) is 0 Å². The Labute approximate surface area is 112 Å². The summed E-state index contributed by atoms with van der Waals surface area (Å²) in [5.74, 6) is 0. The first-order valence-corrected chi connectivity index (χ1v) is 4.23. The Kier molecular flexibility index (Phi) is 6.84. The fourth-order valence-electron chi connectivity index (χ4n) is 1.43. The Morgan fingerprint density at radius 2 is 1.71 bits per heavy atom. The van der Waals surface area contributed by atoms with Gasteiger partial charge in [0.2, 0.25) is 0 Å². The third-order valence-electron chi connectivity index (χ3n) is 2.12. The molecule has 2 rings (SSSR count). The van der Waals surface area contributed by atoms with Crippen molar-refractivity contribution >= 4 is 5.69 Å². The maximum atomic E-state index is 2.26. The van der Waals surface area contributed by atoms with Gasteiger partial charge in [-0.05, 0) is 25.7 Å². The summed E-state index contributed by atoms with van der Waals surface area (Å²) in [6.07, 6.45) is 0. The predicted molar refractivity (Wildman–Crippen MR) is 50.7 cm³/mol. The van der Waals surface area contributed by atoms with Crippen molar-refractivity contribution in [2.45, 2.75) is 0 Å². The first kappa shape index (κ1) is 14.3. The van der Waals surface area contributed by atoms with Crippen molar-refractivity contribution in [1.82, 2.24) is 4.90 Å². The van der Waals surface area contributed by atoms with E-state index >= 15 is 0 Å². The van der Waals surface area contributed by atoms with Crippen LogP contribution in [0.4, 0.5) is 5.69 Å². The SMILES string of the molecule is CN1[CH-]N(c2ccccc2)CC1.[Ir].[Ir]. The van der Waals surface area contributed by atoms with Gasteiger partial charge in [-0.25, -0.2) is 0 Å². The van der Waals surface area contributed by atoms with Gasteiger partial charge >= 0.3 is 0 Å². The normalized spacial score (nSPS) is 15.9. The minimum Gasteiger partial charge on any atom is -0.508 e. The van der Waals surface area contributed by atoms with Crippen molar-refractivity contribution in [2.24, 2.45) is 0 Å². The zero-order chi connectivity index (χ0) is 8.39. The summed E-state index contributed by atoms with van der Waals surface area (Å²) in [5.41, 5.74) is 1.28. The molecule has 0 bridgehead atoms. The van der Waals surface area contributed by atoms with E-state index in [9.17, 15) is 0 Å². The molecule has 0 N–H and O–H groups in total. The molecule has 0 saturated carbocycles. The molecule has 0 spiro atoms. The predicted octanol–water partition coefficient (Wildman–Crippen LogP) is 1.55. The summed E-state index contributed by atoms with van der Waals surface area (Å²) in [5, 5.41) is 0. The van der Waals surface area contributed by atoms with Gasteiger partial charge in [-0.3, -0.25) is 0 Å². The molecule has 4 heteroatoms. The third kappa shape index (κ3) is 3.45. The van der Waals surface area contributed by atoms with Crippen LogP contribution in [-0.4, -0.2) is 25.0 Å². The molecule has 0 unspecified atom stereocenters. The molecule has 0 aliphatic carbocycles. The molecule has 1 aromatic carbocycles. The van der Waals surface area contributed by atoms with E-state index in [2.05, 4.69) is 47.8 Å². The molecule has 1 aliphatic rings. The van der Waals surface area contributed by atoms with Crippen LogP contribution in [0.5, 0.6) is 0 Å². The molecule has 1 fully saturated rings. The van der Waals surface area contributed by atoms with E-state index in [1.807, 2.05) is 6.07 Å². The molecule has 2 radical (unpaired) electrons. The minimum atomic E-state index is 0. The molecule has 2 nitrogen and oxygen atoms in total. The number of hydrogen-bond donors (Lipinski definition) is 0. The van der Waals surface area contributed by atoms with E-state index in [0.29, 0.717) is 0 Å². The number of rotatable bonds is 1. The average Bonchev–Trinajstić information content (AvgIpc) is 2.54. The maximum absolute atomic E-state index is 2.26. The second kappa shape index (κ2) is 6.71. The molecule has 0 atom stereocenters. The fraction of sp³-hybridized carbons (Fsp3) is 0.300. The van der Waals surface area contributed by atoms with Crippen molar-refractivity contribution < 1.29 is 40.2 Å². The van der Waals surface area contributed by atoms with E-state index in [0.717, 1.165) is 13.1 Å². The van der Waals surface area contributed by atoms with Gasteiger partial charge in [0.05, 0.1) is 0 Å². The van der Waals surface area contributed by atoms with Crippen LogP contribution in [0, 0.1) is 6.67 Å². The van der Waals surface area contributed by atoms with Crippen LogP contribution in [0.25, 0.3) is 0 Å². The molecule has 1 aliphatic heterocycles. The van der Waals surface area contributed by atoms with Crippen molar-refractivity contribution in [2.75, 3.05) is 25.0 Å². The Morgan fingerprint density at radius 3 is 2.21 bits per heavy atom. The van der Waals surface area contributed by atoms with E-state index in [1.165, 1.54) is 5.69 Å². The van der Waals surface area contributed by atoms with Crippen LogP contribution < -0.4 is 4.90 Å². The van der Waals surface area contributed by atoms with E-state index in [1.54, 1.807) is 0 Å². The Hall–Kier alpha value is 0.279. The molecule has 82 valence electrons. The largest absolute Gasteiger partial charge is 0.508 e. The quantitative estimate of drug-likeness (QED) is 0.495. The molecule has 14 heavy (non-hydrogen) atoms. The second-order valence-electron chi connectivity index (χ2n) is 3.13. The maximum Gasteiger partial charge on any atom is 0.00816 e. The molecule has 1 heterocycles. The zero-order valence-electron chi connectivity index (χ0n) is 7.94. The van der Waals surface area contributed by atoms with Gasteiger partial charge in [-0.1, -0.05) is 18.2 Å². The standard InChI is InChI=1S/C10H13N2.2Ir/c1-11-7-8-12(9-11)10-5-3-2-4-6-10;;/h2-6,9H,7-8H2,1H3;;/q-1;;. The number of para-hydroxylation sites is 1. The summed E-state index contributed by atoms with van der Waals surface area (Å²) in [7, 11) is 2.10. The summed E-state index contributed by atoms with van der Waals surface area (Å²) >= 11 is 0. The van der Waals surface area contributed by atoms with Crippen LogP contribution in [0.2, 0.25) is 0 Å². The van der Waals surface area contributed by atoms with Crippen LogP contribution in [-0.2, 0) is 40.2 Å². The third-order valence-corrected chi connectivity index (χ3v) is 2.12. The molecule has 0 aromatic heterocycles. The summed E-state index contributed by atoms with van der Waals surface area (Å²) in [4.78, 5) is 4.47. The topological polar surface area (TPSA) is 6.48 Å². The Morgan fingerprint density at radius 1 is 1.07 bits per heavy atom. The van der Waals surface area contributed by atoms with Gasteiger partial charge in [0.25, 0.3) is 0 Å². The Balaban J connectivity index is 0.000000845. The van der Waals surface area contributed by atoms with Gasteiger partial charge < -0.3 is 9.80 Å². The first-order chi connectivity index (χ1) is 5.86. The Bertz CT molecular complexity index is 254. The number of nitrogens with zero attached hydrogens (tertiary/aromatic N) is 2. The van der Waals surface area contributed by atoms with Gasteiger partial charge in [-0.2, -0.15) is 6.67 Å². The number of likely N-dealkylation sites (N-methyl/N-ethyl adjacent to an activating group) is 1. The van der Waals surface area contributed by atoms with Crippen molar-refractivity contribution in [3.63, 3.8) is 0 Å². The second-order valence-corrected chi connectivity index (χ2v) is 3.13. The van der Waals surface area contributed by atoms with Crippen LogP contribution >= 0.6 is 0 Å². The number of benzene rings is 1. The van der Waals surface area contributed by atoms with Crippen molar-refractivity contribution in [3.05, 3.63) is 37.0 Å². The van der Waals surface area contributed by atoms with E-state index in [-0.39, 0.29) is 40.2 Å². The van der Waals surface area contributed by atoms with Crippen LogP contribution in [0.15, 0.2) is 30.3 Å². The van der Waals surface area contributed by atoms with Crippen LogP contribution in [0.1, 0.15) is 0 Å². The van der Waals surface area contributed by atoms with Gasteiger partial charge in [-0.15, -0.1) is 0 Å². The first-order valence-electron chi connectivity index (χ1n) is 4.23. The molecular formula is C10H13Ir2N2-. The van der Waals surface area contributed by atoms with Crippen LogP contribution in [0.3, 0.4) is 0 Å². The molecule has 0 amide bonds. The van der Waals surface area contributed by atoms with E-state index < -0.39 is 0 Å². The monoisotopic (exact) mass is 547 g/mol. The molecular weight excluding hydrogens is 533 g/mol. The summed E-state index contributed by atoms with van der Waals surface area (Å²) < 4.78 is 0.